The van der Waals surface area contributed by atoms with E-state index in [2.05, 4.69) is 40.1 Å². The van der Waals surface area contributed by atoms with Crippen LogP contribution in [-0.2, 0) is 11.3 Å². The summed E-state index contributed by atoms with van der Waals surface area (Å²) >= 11 is 0. The van der Waals surface area contributed by atoms with Crippen molar-refractivity contribution in [3.63, 3.8) is 0 Å². The van der Waals surface area contributed by atoms with Crippen LogP contribution in [0.3, 0.4) is 0 Å². The SMILES string of the molecule is CCCC1(C2CCN(Cc3cccnc3)CC2)NC(=O)N(CCC2CCCN2C)C1=O. The third-order valence-corrected chi connectivity index (χ3v) is 7.62. The largest absolute Gasteiger partial charge is 0.325 e. The van der Waals surface area contributed by atoms with Crippen molar-refractivity contribution in [1.82, 2.24) is 25.0 Å². The maximum Gasteiger partial charge on any atom is 0.325 e. The van der Waals surface area contributed by atoms with Crippen molar-refractivity contribution in [3.8, 4) is 0 Å². The number of hydrogen-bond donors (Lipinski definition) is 1. The Bertz CT molecular complexity index is 764. The molecule has 0 aliphatic carbocycles. The first-order chi connectivity index (χ1) is 15.0. The molecule has 0 aromatic carbocycles. The van der Waals surface area contributed by atoms with Crippen LogP contribution in [0.15, 0.2) is 24.5 Å². The number of nitrogens with one attached hydrogen (secondary N) is 1. The number of nitrogens with zero attached hydrogens (tertiary/aromatic N) is 4. The Kier molecular flexibility index (Phi) is 6.92. The summed E-state index contributed by atoms with van der Waals surface area (Å²) in [6, 6.07) is 4.38. The smallest absolute Gasteiger partial charge is 0.323 e. The lowest BCUT2D eigenvalue weighted by Gasteiger charge is -2.41. The fourth-order valence-corrected chi connectivity index (χ4v) is 5.85. The molecule has 3 saturated heterocycles. The van der Waals surface area contributed by atoms with Crippen molar-refractivity contribution in [2.45, 2.75) is 70.0 Å². The zero-order chi connectivity index (χ0) is 21.8. The second kappa shape index (κ2) is 9.65. The molecule has 170 valence electrons. The number of carbonyl (C=O) groups excluding carboxylic acids is 2. The van der Waals surface area contributed by atoms with Crippen LogP contribution >= 0.6 is 0 Å². The van der Waals surface area contributed by atoms with Gasteiger partial charge in [0.2, 0.25) is 0 Å². The van der Waals surface area contributed by atoms with Gasteiger partial charge < -0.3 is 10.2 Å². The normalized spacial score (nSPS) is 28.5. The maximum absolute atomic E-state index is 13.6. The van der Waals surface area contributed by atoms with E-state index in [9.17, 15) is 9.59 Å². The van der Waals surface area contributed by atoms with Gasteiger partial charge in [0.1, 0.15) is 5.54 Å². The molecule has 2 atom stereocenters. The summed E-state index contributed by atoms with van der Waals surface area (Å²) in [5, 5.41) is 3.18. The number of rotatable bonds is 8. The first-order valence-electron chi connectivity index (χ1n) is 12.0. The Morgan fingerprint density at radius 3 is 2.65 bits per heavy atom. The Morgan fingerprint density at radius 1 is 1.19 bits per heavy atom. The number of urea groups is 1. The standard InChI is InChI=1S/C24H37N5O2/c1-3-11-24(20-8-14-28(15-9-20)18-19-6-4-12-25-17-19)22(30)29(23(31)26-24)16-10-21-7-5-13-27(21)2/h4,6,12,17,20-21H,3,5,7-11,13-16,18H2,1-2H3,(H,26,31). The van der Waals surface area contributed by atoms with Gasteiger partial charge in [-0.3, -0.25) is 19.6 Å². The van der Waals surface area contributed by atoms with Crippen molar-refractivity contribution in [1.29, 1.82) is 0 Å². The van der Waals surface area contributed by atoms with Crippen molar-refractivity contribution in [2.24, 2.45) is 5.92 Å². The maximum atomic E-state index is 13.6. The third kappa shape index (κ3) is 4.62. The molecule has 3 amide bonds. The molecular weight excluding hydrogens is 390 g/mol. The number of aromatic nitrogens is 1. The predicted octanol–water partition coefficient (Wildman–Crippen LogP) is 2.87. The molecule has 3 aliphatic rings. The third-order valence-electron chi connectivity index (χ3n) is 7.62. The fourth-order valence-electron chi connectivity index (χ4n) is 5.85. The summed E-state index contributed by atoms with van der Waals surface area (Å²) in [6.45, 7) is 6.53. The van der Waals surface area contributed by atoms with Crippen molar-refractivity contribution in [2.75, 3.05) is 33.2 Å². The van der Waals surface area contributed by atoms with E-state index in [-0.39, 0.29) is 17.9 Å². The number of pyridine rings is 1. The molecule has 1 N–H and O–H groups in total. The number of carbonyl (C=O) groups is 2. The van der Waals surface area contributed by atoms with Crippen LogP contribution in [0.2, 0.25) is 0 Å². The minimum Gasteiger partial charge on any atom is -0.323 e. The van der Waals surface area contributed by atoms with Crippen LogP contribution in [0.1, 0.15) is 57.4 Å². The monoisotopic (exact) mass is 427 g/mol. The first-order valence-corrected chi connectivity index (χ1v) is 12.0. The van der Waals surface area contributed by atoms with Gasteiger partial charge >= 0.3 is 6.03 Å². The summed E-state index contributed by atoms with van der Waals surface area (Å²) in [7, 11) is 2.14. The zero-order valence-electron chi connectivity index (χ0n) is 19.1. The predicted molar refractivity (Wildman–Crippen MR) is 120 cm³/mol. The van der Waals surface area contributed by atoms with E-state index < -0.39 is 5.54 Å². The van der Waals surface area contributed by atoms with E-state index in [1.54, 1.807) is 6.20 Å². The molecular formula is C24H37N5O2. The zero-order valence-corrected chi connectivity index (χ0v) is 19.1. The number of likely N-dealkylation sites (tertiary alicyclic amines) is 2. The highest BCUT2D eigenvalue weighted by Gasteiger charge is 2.55. The topological polar surface area (TPSA) is 68.8 Å². The summed E-state index contributed by atoms with van der Waals surface area (Å²) < 4.78 is 0. The van der Waals surface area contributed by atoms with Gasteiger partial charge in [-0.1, -0.05) is 19.4 Å². The molecule has 2 unspecified atom stereocenters. The van der Waals surface area contributed by atoms with Gasteiger partial charge in [0, 0.05) is 31.5 Å². The molecule has 4 heterocycles. The van der Waals surface area contributed by atoms with E-state index in [0.29, 0.717) is 12.6 Å². The molecule has 0 spiro atoms. The van der Waals surface area contributed by atoms with Gasteiger partial charge in [-0.25, -0.2) is 4.79 Å². The molecule has 0 saturated carbocycles. The van der Waals surface area contributed by atoms with Gasteiger partial charge in [0.25, 0.3) is 5.91 Å². The Labute approximate surface area is 186 Å². The van der Waals surface area contributed by atoms with Crippen LogP contribution in [0.5, 0.6) is 0 Å². The molecule has 3 fully saturated rings. The summed E-state index contributed by atoms with van der Waals surface area (Å²) in [5.74, 6) is 0.221. The van der Waals surface area contributed by atoms with Crippen molar-refractivity contribution >= 4 is 11.9 Å². The van der Waals surface area contributed by atoms with E-state index >= 15 is 0 Å². The van der Waals surface area contributed by atoms with E-state index in [1.165, 1.54) is 16.9 Å². The molecule has 7 nitrogen and oxygen atoms in total. The minimum atomic E-state index is -0.714. The lowest BCUT2D eigenvalue weighted by molar-refractivity contribution is -0.134. The Hall–Kier alpha value is -1.99. The van der Waals surface area contributed by atoms with E-state index in [0.717, 1.165) is 64.7 Å². The average Bonchev–Trinajstić information content (AvgIpc) is 3.29. The molecule has 0 radical (unpaired) electrons. The van der Waals surface area contributed by atoms with Crippen LogP contribution in [0.4, 0.5) is 4.79 Å². The van der Waals surface area contributed by atoms with Gasteiger partial charge in [0.15, 0.2) is 0 Å². The van der Waals surface area contributed by atoms with Crippen molar-refractivity contribution < 1.29 is 9.59 Å². The van der Waals surface area contributed by atoms with E-state index in [1.807, 2.05) is 12.3 Å². The molecule has 0 bridgehead atoms. The Balaban J connectivity index is 1.39. The van der Waals surface area contributed by atoms with Crippen LogP contribution < -0.4 is 5.32 Å². The molecule has 3 aliphatic heterocycles. The van der Waals surface area contributed by atoms with Gasteiger partial charge in [-0.15, -0.1) is 0 Å². The van der Waals surface area contributed by atoms with Gasteiger partial charge in [0.05, 0.1) is 0 Å². The van der Waals surface area contributed by atoms with Crippen molar-refractivity contribution in [3.05, 3.63) is 30.1 Å². The number of hydrogen-bond acceptors (Lipinski definition) is 5. The highest BCUT2D eigenvalue weighted by Crippen LogP contribution is 2.37. The molecule has 1 aromatic heterocycles. The molecule has 7 heteroatoms. The second-order valence-corrected chi connectivity index (χ2v) is 9.59. The highest BCUT2D eigenvalue weighted by molar-refractivity contribution is 6.07. The number of imide groups is 1. The van der Waals surface area contributed by atoms with Crippen LogP contribution in [0, 0.1) is 5.92 Å². The fraction of sp³-hybridized carbons (Fsp3) is 0.708. The Morgan fingerprint density at radius 2 is 2.00 bits per heavy atom. The highest BCUT2D eigenvalue weighted by atomic mass is 16.2. The lowest BCUT2D eigenvalue weighted by atomic mass is 9.74. The van der Waals surface area contributed by atoms with E-state index in [4.69, 9.17) is 0 Å². The van der Waals surface area contributed by atoms with Gasteiger partial charge in [-0.2, -0.15) is 0 Å². The summed E-state index contributed by atoms with van der Waals surface area (Å²) in [6.07, 6.45) is 10.5. The quantitative estimate of drug-likeness (QED) is 0.646. The summed E-state index contributed by atoms with van der Waals surface area (Å²) in [4.78, 5) is 37.0. The first kappa shape index (κ1) is 22.2. The second-order valence-electron chi connectivity index (χ2n) is 9.59. The van der Waals surface area contributed by atoms with Gasteiger partial charge in [-0.05, 0) is 82.8 Å². The number of piperidine rings is 1. The van der Waals surface area contributed by atoms with Crippen LogP contribution in [-0.4, -0.2) is 76.4 Å². The lowest BCUT2D eigenvalue weighted by Crippen LogP contribution is -2.56. The number of amides is 3. The molecule has 4 rings (SSSR count). The molecule has 1 aromatic rings. The van der Waals surface area contributed by atoms with Crippen LogP contribution in [0.25, 0.3) is 0 Å². The molecule has 31 heavy (non-hydrogen) atoms. The average molecular weight is 428 g/mol. The summed E-state index contributed by atoms with van der Waals surface area (Å²) in [5.41, 5.74) is 0.505. The minimum absolute atomic E-state index is 0.0192.